The topological polar surface area (TPSA) is 58.6 Å². The molecule has 23 heavy (non-hydrogen) atoms. The summed E-state index contributed by atoms with van der Waals surface area (Å²) in [5.41, 5.74) is 1.39. The van der Waals surface area contributed by atoms with Crippen LogP contribution in [0.25, 0.3) is 0 Å². The summed E-state index contributed by atoms with van der Waals surface area (Å²) in [5, 5.41) is 3.11. The van der Waals surface area contributed by atoms with E-state index in [4.69, 9.17) is 4.74 Å². The first-order valence-corrected chi connectivity index (χ1v) is 8.19. The van der Waals surface area contributed by atoms with Crippen molar-refractivity contribution in [3.05, 3.63) is 52.1 Å². The van der Waals surface area contributed by atoms with Gasteiger partial charge in [0.2, 0.25) is 5.91 Å². The lowest BCUT2D eigenvalue weighted by atomic mass is 10.2. The molecule has 0 radical (unpaired) electrons. The highest BCUT2D eigenvalue weighted by Crippen LogP contribution is 2.26. The Morgan fingerprint density at radius 3 is 2.35 bits per heavy atom. The van der Waals surface area contributed by atoms with Crippen LogP contribution in [0.3, 0.4) is 0 Å². The van der Waals surface area contributed by atoms with Crippen LogP contribution in [0, 0.1) is 3.57 Å². The molecule has 1 heterocycles. The number of nitrogens with one attached hydrogen (secondary N) is 1. The molecule has 118 valence electrons. The minimum Gasteiger partial charge on any atom is -0.497 e. The van der Waals surface area contributed by atoms with Crippen LogP contribution >= 0.6 is 22.6 Å². The lowest BCUT2D eigenvalue weighted by molar-refractivity contribution is -0.121. The van der Waals surface area contributed by atoms with Gasteiger partial charge in [-0.1, -0.05) is 0 Å². The summed E-state index contributed by atoms with van der Waals surface area (Å²) in [6, 6.07) is 14.0. The molecule has 3 rings (SSSR count). The first-order chi connectivity index (χ1) is 11.1. The number of hydrogen-bond donors (Lipinski definition) is 1. The van der Waals surface area contributed by atoms with E-state index in [1.54, 1.807) is 31.4 Å². The number of carbonyl (C=O) groups is 2. The third kappa shape index (κ3) is 3.31. The van der Waals surface area contributed by atoms with Crippen molar-refractivity contribution in [2.75, 3.05) is 17.3 Å². The molecule has 1 atom stereocenters. The van der Waals surface area contributed by atoms with Gasteiger partial charge in [0.15, 0.2) is 0 Å². The molecule has 1 aliphatic rings. The summed E-state index contributed by atoms with van der Waals surface area (Å²) in [6.45, 7) is 0. The number of amides is 2. The van der Waals surface area contributed by atoms with E-state index in [1.807, 2.05) is 24.3 Å². The lowest BCUT2D eigenvalue weighted by Crippen LogP contribution is -2.34. The minimum absolute atomic E-state index is 0.150. The number of halogens is 1. The molecule has 1 N–H and O–H groups in total. The van der Waals surface area contributed by atoms with Crippen molar-refractivity contribution in [3.63, 3.8) is 0 Å². The predicted molar refractivity (Wildman–Crippen MR) is 96.7 cm³/mol. The highest BCUT2D eigenvalue weighted by molar-refractivity contribution is 14.1. The summed E-state index contributed by atoms with van der Waals surface area (Å²) >= 11 is 2.18. The predicted octanol–water partition coefficient (Wildman–Crippen LogP) is 3.04. The monoisotopic (exact) mass is 422 g/mol. The number of nitrogens with zero attached hydrogens (tertiary/aromatic N) is 1. The average molecular weight is 422 g/mol. The van der Waals surface area contributed by atoms with Gasteiger partial charge in [-0.2, -0.15) is 0 Å². The third-order valence-corrected chi connectivity index (χ3v) is 4.38. The van der Waals surface area contributed by atoms with Crippen molar-refractivity contribution < 1.29 is 14.3 Å². The summed E-state index contributed by atoms with van der Waals surface area (Å²) < 4.78 is 6.16. The molecule has 0 saturated carbocycles. The average Bonchev–Trinajstić information content (AvgIpc) is 2.83. The number of benzene rings is 2. The summed E-state index contributed by atoms with van der Waals surface area (Å²) in [4.78, 5) is 26.0. The molecule has 1 fully saturated rings. The Morgan fingerprint density at radius 1 is 1.09 bits per heavy atom. The normalized spacial score (nSPS) is 17.5. The fourth-order valence-corrected chi connectivity index (χ4v) is 2.85. The molecule has 0 bridgehead atoms. The van der Waals surface area contributed by atoms with Gasteiger partial charge in [0.05, 0.1) is 19.2 Å². The van der Waals surface area contributed by atoms with Gasteiger partial charge in [-0.15, -0.1) is 0 Å². The third-order valence-electron chi connectivity index (χ3n) is 3.66. The van der Waals surface area contributed by atoms with Crippen molar-refractivity contribution in [1.29, 1.82) is 0 Å². The van der Waals surface area contributed by atoms with Crippen molar-refractivity contribution in [2.45, 2.75) is 12.5 Å². The van der Waals surface area contributed by atoms with Crippen LogP contribution in [-0.4, -0.2) is 25.0 Å². The maximum atomic E-state index is 12.5. The van der Waals surface area contributed by atoms with Crippen molar-refractivity contribution >= 4 is 45.8 Å². The molecule has 2 amide bonds. The molecule has 6 heteroatoms. The Balaban J connectivity index is 1.76. The van der Waals surface area contributed by atoms with Crippen LogP contribution in [0.1, 0.15) is 6.42 Å². The molecule has 0 spiro atoms. The molecule has 0 aliphatic carbocycles. The van der Waals surface area contributed by atoms with E-state index in [-0.39, 0.29) is 18.2 Å². The highest BCUT2D eigenvalue weighted by atomic mass is 127. The van der Waals surface area contributed by atoms with Crippen LogP contribution in [0.15, 0.2) is 48.5 Å². The number of carbonyl (C=O) groups excluding carboxylic acids is 2. The lowest BCUT2D eigenvalue weighted by Gasteiger charge is -2.16. The Kier molecular flexibility index (Phi) is 4.51. The second-order valence-corrected chi connectivity index (χ2v) is 6.42. The van der Waals surface area contributed by atoms with E-state index in [9.17, 15) is 9.59 Å². The van der Waals surface area contributed by atoms with E-state index in [0.717, 1.165) is 15.0 Å². The highest BCUT2D eigenvalue weighted by Gasteiger charge is 2.39. The summed E-state index contributed by atoms with van der Waals surface area (Å²) in [5.74, 6) is 0.319. The maximum absolute atomic E-state index is 12.5. The van der Waals surface area contributed by atoms with E-state index in [2.05, 4.69) is 27.9 Å². The smallest absolute Gasteiger partial charge is 0.256 e. The van der Waals surface area contributed by atoms with E-state index in [0.29, 0.717) is 5.69 Å². The van der Waals surface area contributed by atoms with Gasteiger partial charge in [-0.25, -0.2) is 4.90 Å². The van der Waals surface area contributed by atoms with E-state index >= 15 is 0 Å². The van der Waals surface area contributed by atoms with Gasteiger partial charge < -0.3 is 10.1 Å². The number of ether oxygens (including phenoxy) is 1. The number of hydrogen-bond acceptors (Lipinski definition) is 4. The Morgan fingerprint density at radius 2 is 1.74 bits per heavy atom. The standard InChI is InChI=1S/C17H15IN2O3/c1-23-14-8-4-12(5-9-14)19-15-10-16(21)20(17(15)22)13-6-2-11(18)3-7-13/h2-9,15,19H,10H2,1H3/t15-/m1/s1. The Hall–Kier alpha value is -2.09. The van der Waals surface area contributed by atoms with Gasteiger partial charge in [0.1, 0.15) is 11.8 Å². The van der Waals surface area contributed by atoms with E-state index < -0.39 is 6.04 Å². The first-order valence-electron chi connectivity index (χ1n) is 7.11. The van der Waals surface area contributed by atoms with Crippen LogP contribution in [0.5, 0.6) is 5.75 Å². The van der Waals surface area contributed by atoms with Crippen LogP contribution in [0.4, 0.5) is 11.4 Å². The summed E-state index contributed by atoms with van der Waals surface area (Å²) in [7, 11) is 1.60. The van der Waals surface area contributed by atoms with Gasteiger partial charge in [0, 0.05) is 9.26 Å². The zero-order chi connectivity index (χ0) is 16.4. The maximum Gasteiger partial charge on any atom is 0.256 e. The second-order valence-electron chi connectivity index (χ2n) is 5.17. The second kappa shape index (κ2) is 6.57. The molecule has 0 unspecified atom stereocenters. The molecule has 0 aromatic heterocycles. The largest absolute Gasteiger partial charge is 0.497 e. The fourth-order valence-electron chi connectivity index (χ4n) is 2.49. The number of anilines is 2. The van der Waals surface area contributed by atoms with Gasteiger partial charge in [-0.3, -0.25) is 9.59 Å². The van der Waals surface area contributed by atoms with Crippen molar-refractivity contribution in [1.82, 2.24) is 0 Å². The van der Waals surface area contributed by atoms with Crippen molar-refractivity contribution in [2.24, 2.45) is 0 Å². The van der Waals surface area contributed by atoms with Crippen molar-refractivity contribution in [3.8, 4) is 5.75 Å². The molecular formula is C17H15IN2O3. The molecule has 5 nitrogen and oxygen atoms in total. The SMILES string of the molecule is COc1ccc(N[C@@H]2CC(=O)N(c3ccc(I)cc3)C2=O)cc1. The van der Waals surface area contributed by atoms with Gasteiger partial charge in [-0.05, 0) is 71.1 Å². The van der Waals surface area contributed by atoms with Gasteiger partial charge >= 0.3 is 0 Å². The van der Waals surface area contributed by atoms with Crippen LogP contribution in [0.2, 0.25) is 0 Å². The Bertz CT molecular complexity index is 729. The number of methoxy groups -OCH3 is 1. The van der Waals surface area contributed by atoms with Crippen LogP contribution < -0.4 is 15.0 Å². The zero-order valence-corrected chi connectivity index (χ0v) is 14.6. The number of rotatable bonds is 4. The Labute approximate surface area is 147 Å². The first kappa shape index (κ1) is 15.8. The fraction of sp³-hybridized carbons (Fsp3) is 0.176. The molecular weight excluding hydrogens is 407 g/mol. The number of imide groups is 1. The quantitative estimate of drug-likeness (QED) is 0.608. The molecule has 2 aromatic rings. The summed E-state index contributed by atoms with van der Waals surface area (Å²) in [6.07, 6.45) is 0.150. The van der Waals surface area contributed by atoms with Gasteiger partial charge in [0.25, 0.3) is 5.91 Å². The molecule has 1 aliphatic heterocycles. The molecule has 1 saturated heterocycles. The van der Waals surface area contributed by atoms with E-state index in [1.165, 1.54) is 4.90 Å². The zero-order valence-electron chi connectivity index (χ0n) is 12.5. The minimum atomic E-state index is -0.546. The molecule has 2 aromatic carbocycles. The van der Waals surface area contributed by atoms with Crippen LogP contribution in [-0.2, 0) is 9.59 Å².